The number of carbonyl (C=O) groups excluding carboxylic acids is 3. The quantitative estimate of drug-likeness (QED) is 0.685. The highest BCUT2D eigenvalue weighted by Gasteiger charge is 2.52. The molecule has 4 amide bonds. The van der Waals surface area contributed by atoms with Gasteiger partial charge in [-0.05, 0) is 42.2 Å². The van der Waals surface area contributed by atoms with E-state index in [1.54, 1.807) is 0 Å². The van der Waals surface area contributed by atoms with Gasteiger partial charge < -0.3 is 10.6 Å². The summed E-state index contributed by atoms with van der Waals surface area (Å²) in [5, 5.41) is 5.73. The fraction of sp³-hybridized carbons (Fsp3) is 0.625. The molecular formula is C24H34N4O3. The van der Waals surface area contributed by atoms with Gasteiger partial charge in [0.2, 0.25) is 5.91 Å². The number of likely N-dealkylation sites (tertiary alicyclic amines) is 1. The van der Waals surface area contributed by atoms with E-state index >= 15 is 0 Å². The molecule has 2 N–H and O–H groups in total. The van der Waals surface area contributed by atoms with Gasteiger partial charge in [0.25, 0.3) is 5.91 Å². The lowest BCUT2D eigenvalue weighted by molar-refractivity contribution is -0.134. The zero-order valence-corrected chi connectivity index (χ0v) is 18.7. The Bertz CT molecular complexity index is 839. The summed E-state index contributed by atoms with van der Waals surface area (Å²) in [5.74, 6) is 0.832. The fourth-order valence-corrected chi connectivity index (χ4v) is 5.58. The van der Waals surface area contributed by atoms with Crippen LogP contribution in [-0.4, -0.2) is 52.8 Å². The summed E-state index contributed by atoms with van der Waals surface area (Å²) in [6.45, 7) is 7.84. The maximum absolute atomic E-state index is 12.7. The minimum absolute atomic E-state index is 0.226. The smallest absolute Gasteiger partial charge is 0.325 e. The largest absolute Gasteiger partial charge is 0.350 e. The minimum atomic E-state index is -0.771. The van der Waals surface area contributed by atoms with Crippen LogP contribution < -0.4 is 10.6 Å². The van der Waals surface area contributed by atoms with E-state index in [0.29, 0.717) is 31.2 Å². The fourth-order valence-electron chi connectivity index (χ4n) is 5.58. The van der Waals surface area contributed by atoms with Gasteiger partial charge in [0.05, 0.1) is 0 Å². The van der Waals surface area contributed by atoms with Crippen molar-refractivity contribution in [1.82, 2.24) is 20.4 Å². The lowest BCUT2D eigenvalue weighted by Crippen LogP contribution is -2.45. The summed E-state index contributed by atoms with van der Waals surface area (Å²) >= 11 is 0. The third-order valence-corrected chi connectivity index (χ3v) is 6.94. The molecule has 1 saturated carbocycles. The second-order valence-corrected chi connectivity index (χ2v) is 9.80. The van der Waals surface area contributed by atoms with Gasteiger partial charge >= 0.3 is 6.03 Å². The monoisotopic (exact) mass is 426 g/mol. The number of amides is 4. The Hall–Kier alpha value is -2.41. The van der Waals surface area contributed by atoms with E-state index in [-0.39, 0.29) is 18.4 Å². The normalized spacial score (nSPS) is 25.8. The summed E-state index contributed by atoms with van der Waals surface area (Å²) in [4.78, 5) is 41.2. The maximum Gasteiger partial charge on any atom is 0.325 e. The molecule has 31 heavy (non-hydrogen) atoms. The molecule has 2 atom stereocenters. The van der Waals surface area contributed by atoms with Gasteiger partial charge in [-0.3, -0.25) is 19.4 Å². The topological polar surface area (TPSA) is 81.8 Å². The summed E-state index contributed by atoms with van der Waals surface area (Å²) in [5.41, 5.74) is 1.52. The molecule has 168 valence electrons. The average Bonchev–Trinajstić information content (AvgIpc) is 3.27. The number of urea groups is 1. The molecule has 1 spiro atoms. The highest BCUT2D eigenvalue weighted by molar-refractivity contribution is 6.09. The summed E-state index contributed by atoms with van der Waals surface area (Å²) in [6.07, 6.45) is 4.46. The number of benzene rings is 1. The molecule has 3 fully saturated rings. The van der Waals surface area contributed by atoms with Crippen molar-refractivity contribution < 1.29 is 14.4 Å². The second kappa shape index (κ2) is 8.99. The van der Waals surface area contributed by atoms with E-state index in [9.17, 15) is 14.4 Å². The van der Waals surface area contributed by atoms with Gasteiger partial charge in [0, 0.05) is 26.2 Å². The Kier molecular flexibility index (Phi) is 6.32. The zero-order chi connectivity index (χ0) is 22.0. The Morgan fingerprint density at radius 2 is 1.74 bits per heavy atom. The predicted octanol–water partition coefficient (Wildman–Crippen LogP) is 2.65. The van der Waals surface area contributed by atoms with E-state index in [1.165, 1.54) is 12.0 Å². The first-order valence-corrected chi connectivity index (χ1v) is 11.6. The predicted molar refractivity (Wildman–Crippen MR) is 118 cm³/mol. The summed E-state index contributed by atoms with van der Waals surface area (Å²) in [7, 11) is 0. The van der Waals surface area contributed by atoms with Crippen molar-refractivity contribution in [3.63, 3.8) is 0 Å². The van der Waals surface area contributed by atoms with Crippen LogP contribution in [0.25, 0.3) is 0 Å². The molecule has 7 heteroatoms. The Morgan fingerprint density at radius 3 is 2.42 bits per heavy atom. The molecule has 0 bridgehead atoms. The first kappa shape index (κ1) is 21.8. The van der Waals surface area contributed by atoms with E-state index in [2.05, 4.69) is 35.4 Å². The van der Waals surface area contributed by atoms with Gasteiger partial charge in [0.1, 0.15) is 12.1 Å². The molecule has 4 rings (SSSR count). The van der Waals surface area contributed by atoms with Crippen LogP contribution in [-0.2, 0) is 22.7 Å². The molecule has 0 aromatic heterocycles. The lowest BCUT2D eigenvalue weighted by Gasteiger charge is -2.35. The summed E-state index contributed by atoms with van der Waals surface area (Å²) < 4.78 is 0. The first-order valence-electron chi connectivity index (χ1n) is 11.6. The Morgan fingerprint density at radius 1 is 1.10 bits per heavy atom. The molecule has 1 aromatic carbocycles. The first-order chi connectivity index (χ1) is 14.9. The van der Waals surface area contributed by atoms with Crippen LogP contribution in [0.4, 0.5) is 4.79 Å². The lowest BCUT2D eigenvalue weighted by atomic mass is 9.91. The number of rotatable bonds is 6. The highest BCUT2D eigenvalue weighted by Crippen LogP contribution is 2.34. The van der Waals surface area contributed by atoms with E-state index in [1.807, 2.05) is 18.2 Å². The Balaban J connectivity index is 1.34. The molecule has 1 aliphatic carbocycles. The maximum atomic E-state index is 12.7. The van der Waals surface area contributed by atoms with Crippen molar-refractivity contribution in [2.24, 2.45) is 11.8 Å². The van der Waals surface area contributed by atoms with Crippen molar-refractivity contribution in [1.29, 1.82) is 0 Å². The van der Waals surface area contributed by atoms with Gasteiger partial charge in [0.15, 0.2) is 0 Å². The van der Waals surface area contributed by atoms with Crippen LogP contribution in [0.1, 0.15) is 57.1 Å². The van der Waals surface area contributed by atoms with Gasteiger partial charge in [-0.2, -0.15) is 0 Å². The number of nitrogens with one attached hydrogen (secondary N) is 2. The third kappa shape index (κ3) is 4.76. The number of carbonyl (C=O) groups is 3. The SMILES string of the molecule is C[C@@H]1C[C@@H](C)CN(Cc2ccccc2CNC(=O)CN2C(=O)NC3(CCCC3)C2=O)C1. The minimum Gasteiger partial charge on any atom is -0.350 e. The van der Waals surface area contributed by atoms with Crippen LogP contribution in [0.15, 0.2) is 24.3 Å². The molecule has 0 unspecified atom stereocenters. The van der Waals surface area contributed by atoms with Gasteiger partial charge in [-0.1, -0.05) is 51.0 Å². The molecule has 0 radical (unpaired) electrons. The third-order valence-electron chi connectivity index (χ3n) is 6.94. The molecule has 2 heterocycles. The van der Waals surface area contributed by atoms with Crippen LogP contribution in [0.3, 0.4) is 0 Å². The van der Waals surface area contributed by atoms with Crippen molar-refractivity contribution in [2.45, 2.75) is 64.6 Å². The van der Waals surface area contributed by atoms with Crippen molar-refractivity contribution >= 4 is 17.8 Å². The van der Waals surface area contributed by atoms with Gasteiger partial charge in [-0.25, -0.2) is 4.79 Å². The van der Waals surface area contributed by atoms with Crippen molar-refractivity contribution in [3.05, 3.63) is 35.4 Å². The number of hydrogen-bond acceptors (Lipinski definition) is 4. The van der Waals surface area contributed by atoms with Crippen LogP contribution in [0.2, 0.25) is 0 Å². The molecule has 1 aromatic rings. The average molecular weight is 427 g/mol. The molecule has 2 saturated heterocycles. The van der Waals surface area contributed by atoms with E-state index < -0.39 is 11.6 Å². The zero-order valence-electron chi connectivity index (χ0n) is 18.7. The highest BCUT2D eigenvalue weighted by atomic mass is 16.2. The number of piperidine rings is 1. The van der Waals surface area contributed by atoms with Gasteiger partial charge in [-0.15, -0.1) is 0 Å². The summed E-state index contributed by atoms with van der Waals surface area (Å²) in [6, 6.07) is 7.72. The molecule has 2 aliphatic heterocycles. The Labute approximate surface area is 184 Å². The van der Waals surface area contributed by atoms with Crippen LogP contribution in [0.5, 0.6) is 0 Å². The van der Waals surface area contributed by atoms with E-state index in [0.717, 1.165) is 42.9 Å². The standard InChI is InChI=1S/C24H34N4O3/c1-17-11-18(2)14-27(13-17)15-20-8-4-3-7-19(20)12-25-21(29)16-28-22(30)24(26-23(28)31)9-5-6-10-24/h3-4,7-8,17-18H,5-6,9-16H2,1-2H3,(H,25,29)(H,26,31)/t17-,18-/m1/s1. The number of imide groups is 1. The van der Waals surface area contributed by atoms with Crippen LogP contribution in [0, 0.1) is 11.8 Å². The molecule has 7 nitrogen and oxygen atoms in total. The van der Waals surface area contributed by atoms with Crippen molar-refractivity contribution in [3.8, 4) is 0 Å². The molecule has 3 aliphatic rings. The number of nitrogens with zero attached hydrogens (tertiary/aromatic N) is 2. The molecular weight excluding hydrogens is 392 g/mol. The second-order valence-electron chi connectivity index (χ2n) is 9.80. The van der Waals surface area contributed by atoms with Crippen molar-refractivity contribution in [2.75, 3.05) is 19.6 Å². The van der Waals surface area contributed by atoms with Crippen LogP contribution >= 0.6 is 0 Å². The van der Waals surface area contributed by atoms with E-state index in [4.69, 9.17) is 0 Å². The number of hydrogen-bond donors (Lipinski definition) is 2.